The summed E-state index contributed by atoms with van der Waals surface area (Å²) in [6, 6.07) is 3.14. The van der Waals surface area contributed by atoms with E-state index >= 15 is 0 Å². The van der Waals surface area contributed by atoms with Crippen LogP contribution in [-0.4, -0.2) is 62.2 Å². The summed E-state index contributed by atoms with van der Waals surface area (Å²) in [6.45, 7) is 6.78. The van der Waals surface area contributed by atoms with Crippen molar-refractivity contribution in [3.05, 3.63) is 29.3 Å². The molecule has 1 aromatic rings. The number of benzene rings is 1. The van der Waals surface area contributed by atoms with Crippen molar-refractivity contribution in [3.8, 4) is 5.75 Å². The number of hydrogen-bond acceptors (Lipinski definition) is 6. The van der Waals surface area contributed by atoms with Crippen LogP contribution in [0, 0.1) is 23.7 Å². The van der Waals surface area contributed by atoms with Crippen molar-refractivity contribution in [2.45, 2.75) is 64.0 Å². The van der Waals surface area contributed by atoms with Crippen LogP contribution in [-0.2, 0) is 20.4 Å². The summed E-state index contributed by atoms with van der Waals surface area (Å²) in [5, 5.41) is 0. The molecule has 0 aromatic heterocycles. The Bertz CT molecular complexity index is 946. The monoisotopic (exact) mass is 511 g/mol. The molecular weight excluding hydrogens is 475 g/mol. The Morgan fingerprint density at radius 3 is 2.58 bits per heavy atom. The zero-order valence-corrected chi connectivity index (χ0v) is 21.0. The van der Waals surface area contributed by atoms with Gasteiger partial charge >= 0.3 is 12.1 Å². The number of hydrogen-bond donors (Lipinski definition) is 0. The molecule has 200 valence electrons. The fourth-order valence-corrected chi connectivity index (χ4v) is 6.94. The minimum atomic E-state index is -4.63. The molecule has 0 spiro atoms. The zero-order valence-electron chi connectivity index (χ0n) is 21.0. The molecule has 3 saturated carbocycles. The number of ether oxygens (including phenoxy) is 4. The van der Waals surface area contributed by atoms with Gasteiger partial charge < -0.3 is 18.9 Å². The highest BCUT2D eigenvalue weighted by Gasteiger charge is 2.55. The fourth-order valence-electron chi connectivity index (χ4n) is 6.94. The van der Waals surface area contributed by atoms with Crippen LogP contribution in [0.2, 0.25) is 0 Å². The standard InChI is InChI=1S/C27H36F3NO5/c1-26(2,35-23-16-18-14-21(23)20-5-3-4-19(18)20)36-24-15-17(6-7-22(24)27(28,29)30)25(32)34-13-10-31-8-11-33-12-9-31/h6-7,15,18-21,23H,3-5,8-14,16H2,1-2H3. The highest BCUT2D eigenvalue weighted by molar-refractivity contribution is 5.90. The van der Waals surface area contributed by atoms with Gasteiger partial charge in [-0.05, 0) is 67.6 Å². The highest BCUT2D eigenvalue weighted by Crippen LogP contribution is 2.60. The minimum Gasteiger partial charge on any atom is -0.462 e. The van der Waals surface area contributed by atoms with Gasteiger partial charge in [-0.2, -0.15) is 13.2 Å². The number of esters is 1. The van der Waals surface area contributed by atoms with Crippen molar-refractivity contribution >= 4 is 5.97 Å². The second-order valence-electron chi connectivity index (χ2n) is 11.1. The average molecular weight is 512 g/mol. The molecule has 3 aliphatic carbocycles. The number of fused-ring (bicyclic) bond motifs is 5. The molecule has 36 heavy (non-hydrogen) atoms. The minimum absolute atomic E-state index is 0.00739. The fraction of sp³-hybridized carbons (Fsp3) is 0.741. The van der Waals surface area contributed by atoms with Gasteiger partial charge in [-0.3, -0.25) is 4.90 Å². The van der Waals surface area contributed by atoms with E-state index in [2.05, 4.69) is 4.90 Å². The molecule has 6 nitrogen and oxygen atoms in total. The summed E-state index contributed by atoms with van der Waals surface area (Å²) >= 11 is 0. The summed E-state index contributed by atoms with van der Waals surface area (Å²) in [5.74, 6) is 0.206. The lowest BCUT2D eigenvalue weighted by Crippen LogP contribution is -2.41. The van der Waals surface area contributed by atoms with Crippen molar-refractivity contribution < 1.29 is 36.9 Å². The third-order valence-electron chi connectivity index (χ3n) is 8.43. The van der Waals surface area contributed by atoms with Gasteiger partial charge in [0.2, 0.25) is 5.79 Å². The van der Waals surface area contributed by atoms with Crippen LogP contribution in [0.3, 0.4) is 0 Å². The molecule has 5 unspecified atom stereocenters. The average Bonchev–Trinajstić information content (AvgIpc) is 3.52. The third-order valence-corrected chi connectivity index (χ3v) is 8.43. The summed E-state index contributed by atoms with van der Waals surface area (Å²) in [5.41, 5.74) is -0.919. The van der Waals surface area contributed by atoms with E-state index in [9.17, 15) is 18.0 Å². The molecule has 9 heteroatoms. The van der Waals surface area contributed by atoms with Crippen LogP contribution in [0.4, 0.5) is 13.2 Å². The lowest BCUT2D eigenvalue weighted by Gasteiger charge is -2.37. The first kappa shape index (κ1) is 25.8. The number of nitrogens with zero attached hydrogens (tertiary/aromatic N) is 1. The second kappa shape index (κ2) is 10.1. The molecular formula is C27H36F3NO5. The number of halogens is 3. The quantitative estimate of drug-likeness (QED) is 0.356. The molecule has 1 saturated heterocycles. The van der Waals surface area contributed by atoms with E-state index in [1.54, 1.807) is 13.8 Å². The maximum absolute atomic E-state index is 13.8. The number of morpholine rings is 1. The van der Waals surface area contributed by atoms with E-state index in [1.165, 1.54) is 19.3 Å². The van der Waals surface area contributed by atoms with Crippen molar-refractivity contribution in [1.82, 2.24) is 4.90 Å². The Morgan fingerprint density at radius 1 is 1.08 bits per heavy atom. The van der Waals surface area contributed by atoms with Crippen LogP contribution in [0.15, 0.2) is 18.2 Å². The Hall–Kier alpha value is -1.84. The molecule has 0 radical (unpaired) electrons. The highest BCUT2D eigenvalue weighted by atomic mass is 19.4. The van der Waals surface area contributed by atoms with E-state index in [0.717, 1.165) is 50.0 Å². The van der Waals surface area contributed by atoms with Crippen LogP contribution < -0.4 is 4.74 Å². The van der Waals surface area contributed by atoms with Crippen molar-refractivity contribution in [2.24, 2.45) is 23.7 Å². The molecule has 4 fully saturated rings. The first-order valence-electron chi connectivity index (χ1n) is 13.2. The second-order valence-corrected chi connectivity index (χ2v) is 11.1. The van der Waals surface area contributed by atoms with Crippen LogP contribution >= 0.6 is 0 Å². The zero-order chi connectivity index (χ0) is 25.5. The summed E-state index contributed by atoms with van der Waals surface area (Å²) in [6.07, 6.45) is 1.24. The molecule has 1 aromatic carbocycles. The number of alkyl halides is 3. The Morgan fingerprint density at radius 2 is 1.83 bits per heavy atom. The van der Waals surface area contributed by atoms with E-state index in [-0.39, 0.29) is 18.3 Å². The van der Waals surface area contributed by atoms with Gasteiger partial charge in [0.25, 0.3) is 0 Å². The molecule has 1 heterocycles. The van der Waals surface area contributed by atoms with Gasteiger partial charge in [0.1, 0.15) is 12.4 Å². The van der Waals surface area contributed by atoms with E-state index in [4.69, 9.17) is 18.9 Å². The Balaban J connectivity index is 1.25. The largest absolute Gasteiger partial charge is 0.462 e. The summed E-state index contributed by atoms with van der Waals surface area (Å²) < 4.78 is 64.2. The molecule has 5 rings (SSSR count). The predicted molar refractivity (Wildman–Crippen MR) is 126 cm³/mol. The van der Waals surface area contributed by atoms with Crippen LogP contribution in [0.1, 0.15) is 61.9 Å². The smallest absolute Gasteiger partial charge is 0.419 e. The number of carbonyl (C=O) groups is 1. The van der Waals surface area contributed by atoms with Crippen molar-refractivity contribution in [1.29, 1.82) is 0 Å². The van der Waals surface area contributed by atoms with E-state index in [1.807, 2.05) is 0 Å². The maximum Gasteiger partial charge on any atom is 0.419 e. The Kier molecular flexibility index (Phi) is 7.26. The molecule has 5 atom stereocenters. The number of carbonyl (C=O) groups excluding carboxylic acids is 1. The maximum atomic E-state index is 13.8. The number of rotatable bonds is 8. The van der Waals surface area contributed by atoms with Gasteiger partial charge in [-0.25, -0.2) is 4.79 Å². The molecule has 0 amide bonds. The van der Waals surface area contributed by atoms with Crippen LogP contribution in [0.5, 0.6) is 5.75 Å². The van der Waals surface area contributed by atoms with Crippen molar-refractivity contribution in [3.63, 3.8) is 0 Å². The van der Waals surface area contributed by atoms with Crippen molar-refractivity contribution in [2.75, 3.05) is 39.5 Å². The first-order chi connectivity index (χ1) is 17.1. The van der Waals surface area contributed by atoms with Gasteiger partial charge in [0, 0.05) is 33.5 Å². The van der Waals surface area contributed by atoms with Gasteiger partial charge in [-0.1, -0.05) is 6.42 Å². The normalized spacial score (nSPS) is 30.4. The van der Waals surface area contributed by atoms with Gasteiger partial charge in [0.05, 0.1) is 30.4 Å². The first-order valence-corrected chi connectivity index (χ1v) is 13.2. The molecule has 1 aliphatic heterocycles. The topological polar surface area (TPSA) is 57.2 Å². The van der Waals surface area contributed by atoms with Crippen LogP contribution in [0.25, 0.3) is 0 Å². The lowest BCUT2D eigenvalue weighted by atomic mass is 9.80. The van der Waals surface area contributed by atoms with Gasteiger partial charge in [-0.15, -0.1) is 0 Å². The SMILES string of the molecule is CC(C)(Oc1cc(C(=O)OCCN2CCOCC2)ccc1C(F)(F)F)OC1CC2CC1C1CCCC21. The Labute approximate surface area is 210 Å². The molecule has 4 aliphatic rings. The summed E-state index contributed by atoms with van der Waals surface area (Å²) in [7, 11) is 0. The molecule has 2 bridgehead atoms. The predicted octanol–water partition coefficient (Wildman–Crippen LogP) is 5.15. The molecule has 0 N–H and O–H groups in total. The lowest BCUT2D eigenvalue weighted by molar-refractivity contribution is -0.207. The third kappa shape index (κ3) is 5.53. The van der Waals surface area contributed by atoms with Gasteiger partial charge in [0.15, 0.2) is 0 Å². The summed E-state index contributed by atoms with van der Waals surface area (Å²) in [4.78, 5) is 14.7. The van der Waals surface area contributed by atoms with E-state index in [0.29, 0.717) is 37.5 Å². The van der Waals surface area contributed by atoms with E-state index < -0.39 is 29.2 Å².